The fraction of sp³-hybridized carbons (Fsp3) is 1.00. The molecule has 1 saturated heterocycles. The predicted molar refractivity (Wildman–Crippen MR) is 72.6 cm³/mol. The number of alkyl halides is 1. The summed E-state index contributed by atoms with van der Waals surface area (Å²) in [6, 6.07) is -0.382. The highest BCUT2D eigenvalue weighted by atomic mass is 127. The van der Waals surface area contributed by atoms with E-state index in [4.69, 9.17) is 14.6 Å². The number of aliphatic hydroxyl groups excluding tert-OH is 5. The molecule has 1 aliphatic heterocycles. The van der Waals surface area contributed by atoms with E-state index in [0.29, 0.717) is 0 Å². The number of ether oxygens (including phenoxy) is 2. The van der Waals surface area contributed by atoms with Crippen LogP contribution in [0.1, 0.15) is 0 Å². The summed E-state index contributed by atoms with van der Waals surface area (Å²) in [5, 5.41) is 50.1. The molecule has 8 nitrogen and oxygen atoms in total. The van der Waals surface area contributed by atoms with Gasteiger partial charge in [0.05, 0.1) is 19.3 Å². The van der Waals surface area contributed by atoms with Gasteiger partial charge in [-0.3, -0.25) is 0 Å². The number of halogens is 1. The highest BCUT2D eigenvalue weighted by molar-refractivity contribution is 14.1. The van der Waals surface area contributed by atoms with Gasteiger partial charge in [-0.25, -0.2) is 0 Å². The topological polar surface area (TPSA) is 132 Å². The van der Waals surface area contributed by atoms with Crippen molar-refractivity contribution in [2.45, 2.75) is 40.9 Å². The third kappa shape index (κ3) is 4.44. The molecule has 1 rings (SSSR count). The second kappa shape index (κ2) is 8.00. The zero-order valence-corrected chi connectivity index (χ0v) is 12.5. The highest BCUT2D eigenvalue weighted by Crippen LogP contribution is 2.22. The third-order valence-corrected chi connectivity index (χ3v) is 3.86. The molecule has 0 aromatic carbocycles. The largest absolute Gasteiger partial charge is 0.394 e. The third-order valence-electron chi connectivity index (χ3n) is 2.99. The SMILES string of the molecule is CN[C@@H](CO[C@@H]1OC(CO)[C@@H](O)C(O)C1O)[C@H](O)I. The van der Waals surface area contributed by atoms with Crippen LogP contribution in [0.4, 0.5) is 0 Å². The number of nitrogens with one attached hydrogen (secondary N) is 1. The Morgan fingerprint density at radius 2 is 1.89 bits per heavy atom. The first-order valence-corrected chi connectivity index (χ1v) is 7.08. The molecule has 0 aliphatic carbocycles. The van der Waals surface area contributed by atoms with Crippen molar-refractivity contribution >= 4 is 22.6 Å². The summed E-state index contributed by atoms with van der Waals surface area (Å²) in [5.74, 6) is 0. The zero-order valence-electron chi connectivity index (χ0n) is 10.4. The van der Waals surface area contributed by atoms with E-state index in [1.54, 1.807) is 29.6 Å². The normalized spacial score (nSPS) is 39.0. The van der Waals surface area contributed by atoms with Gasteiger partial charge in [0.1, 0.15) is 28.5 Å². The van der Waals surface area contributed by atoms with E-state index >= 15 is 0 Å². The lowest BCUT2D eigenvalue weighted by Crippen LogP contribution is -2.59. The van der Waals surface area contributed by atoms with Crippen LogP contribution in [-0.2, 0) is 9.47 Å². The van der Waals surface area contributed by atoms with Gasteiger partial charge in [0, 0.05) is 0 Å². The van der Waals surface area contributed by atoms with Crippen LogP contribution in [0.25, 0.3) is 0 Å². The Balaban J connectivity index is 2.57. The summed E-state index contributed by atoms with van der Waals surface area (Å²) in [4.78, 5) is 0. The predicted octanol–water partition coefficient (Wildman–Crippen LogP) is -2.86. The minimum atomic E-state index is -1.46. The molecule has 1 aliphatic rings. The molecule has 1 heterocycles. The van der Waals surface area contributed by atoms with Crippen LogP contribution >= 0.6 is 22.6 Å². The number of hydrogen-bond donors (Lipinski definition) is 6. The van der Waals surface area contributed by atoms with Crippen LogP contribution in [0, 0.1) is 0 Å². The quantitative estimate of drug-likeness (QED) is 0.210. The van der Waals surface area contributed by atoms with Crippen molar-refractivity contribution in [1.82, 2.24) is 5.32 Å². The van der Waals surface area contributed by atoms with Crippen molar-refractivity contribution in [3.8, 4) is 0 Å². The Kier molecular flexibility index (Phi) is 7.35. The lowest BCUT2D eigenvalue weighted by molar-refractivity contribution is -0.302. The smallest absolute Gasteiger partial charge is 0.186 e. The molecule has 6 N–H and O–H groups in total. The first-order chi connectivity index (χ1) is 8.92. The Bertz CT molecular complexity index is 268. The van der Waals surface area contributed by atoms with Crippen LogP contribution in [0.2, 0.25) is 0 Å². The fourth-order valence-corrected chi connectivity index (χ4v) is 2.27. The average Bonchev–Trinajstić information content (AvgIpc) is 2.38. The van der Waals surface area contributed by atoms with E-state index in [2.05, 4.69) is 5.32 Å². The standard InChI is InChI=1S/C10H20INO7/c1-12-4(9(11)17)3-18-10-8(16)7(15)6(14)5(2-13)19-10/h4-10,12-17H,2-3H2,1H3/t4-,5?,6+,7?,8?,9-,10+/m0/s1. The van der Waals surface area contributed by atoms with E-state index in [9.17, 15) is 20.4 Å². The highest BCUT2D eigenvalue weighted by Gasteiger charge is 2.44. The molecule has 0 amide bonds. The fourth-order valence-electron chi connectivity index (χ4n) is 1.70. The van der Waals surface area contributed by atoms with Gasteiger partial charge in [0.25, 0.3) is 0 Å². The number of aliphatic hydroxyl groups is 5. The summed E-state index contributed by atoms with van der Waals surface area (Å²) >= 11 is 1.80. The van der Waals surface area contributed by atoms with Gasteiger partial charge >= 0.3 is 0 Å². The lowest BCUT2D eigenvalue weighted by atomic mass is 9.99. The van der Waals surface area contributed by atoms with E-state index in [1.165, 1.54) is 0 Å². The summed E-state index contributed by atoms with van der Waals surface area (Å²) in [6.45, 7) is -0.474. The van der Waals surface area contributed by atoms with Crippen molar-refractivity contribution < 1.29 is 35.0 Å². The maximum Gasteiger partial charge on any atom is 0.186 e. The molecule has 7 atom stereocenters. The first-order valence-electron chi connectivity index (χ1n) is 5.83. The molecule has 1 fully saturated rings. The van der Waals surface area contributed by atoms with Gasteiger partial charge in [-0.2, -0.15) is 0 Å². The van der Waals surface area contributed by atoms with E-state index in [0.717, 1.165) is 0 Å². The molecule has 9 heteroatoms. The summed E-state index contributed by atoms with van der Waals surface area (Å²) in [5.41, 5.74) is 0. The van der Waals surface area contributed by atoms with Crippen molar-refractivity contribution in [3.05, 3.63) is 0 Å². The van der Waals surface area contributed by atoms with Crippen LogP contribution < -0.4 is 5.32 Å². The van der Waals surface area contributed by atoms with Gasteiger partial charge in [0.15, 0.2) is 6.29 Å². The number of likely N-dealkylation sites (N-methyl/N-ethyl adjacent to an activating group) is 1. The van der Waals surface area contributed by atoms with Crippen LogP contribution in [-0.4, -0.2) is 86.7 Å². The molecule has 19 heavy (non-hydrogen) atoms. The molecule has 3 unspecified atom stereocenters. The van der Waals surface area contributed by atoms with Crippen molar-refractivity contribution in [1.29, 1.82) is 0 Å². The Labute approximate surface area is 124 Å². The van der Waals surface area contributed by atoms with Crippen molar-refractivity contribution in [3.63, 3.8) is 0 Å². The summed E-state index contributed by atoms with van der Waals surface area (Å²) in [7, 11) is 1.64. The second-order valence-corrected chi connectivity index (χ2v) is 5.57. The average molecular weight is 393 g/mol. The van der Waals surface area contributed by atoms with Crippen LogP contribution in [0.15, 0.2) is 0 Å². The summed E-state index contributed by atoms with van der Waals surface area (Å²) in [6.07, 6.45) is -6.48. The molecule has 0 radical (unpaired) electrons. The van der Waals surface area contributed by atoms with Gasteiger partial charge in [0.2, 0.25) is 0 Å². The Morgan fingerprint density at radius 3 is 2.37 bits per heavy atom. The molecule has 0 aromatic rings. The van der Waals surface area contributed by atoms with Gasteiger partial charge in [-0.05, 0) is 29.6 Å². The molecule has 0 saturated carbocycles. The van der Waals surface area contributed by atoms with Gasteiger partial charge in [-0.15, -0.1) is 0 Å². The number of hydrogen-bond acceptors (Lipinski definition) is 8. The van der Waals surface area contributed by atoms with Gasteiger partial charge < -0.3 is 40.3 Å². The Hall–Kier alpha value is 0.410. The molecule has 0 bridgehead atoms. The van der Waals surface area contributed by atoms with E-state index < -0.39 is 41.4 Å². The molecule has 0 spiro atoms. The monoisotopic (exact) mass is 393 g/mol. The maximum absolute atomic E-state index is 9.72. The van der Waals surface area contributed by atoms with E-state index in [1.807, 2.05) is 0 Å². The first kappa shape index (κ1) is 17.5. The van der Waals surface area contributed by atoms with Crippen molar-refractivity contribution in [2.24, 2.45) is 0 Å². The minimum Gasteiger partial charge on any atom is -0.394 e. The zero-order chi connectivity index (χ0) is 14.6. The van der Waals surface area contributed by atoms with Crippen LogP contribution in [0.5, 0.6) is 0 Å². The Morgan fingerprint density at radius 1 is 1.26 bits per heavy atom. The summed E-state index contributed by atoms with van der Waals surface area (Å²) < 4.78 is 9.74. The lowest BCUT2D eigenvalue weighted by Gasteiger charge is -2.40. The molecular weight excluding hydrogens is 373 g/mol. The second-order valence-electron chi connectivity index (χ2n) is 4.30. The van der Waals surface area contributed by atoms with Crippen molar-refractivity contribution in [2.75, 3.05) is 20.3 Å². The number of rotatable bonds is 6. The van der Waals surface area contributed by atoms with Gasteiger partial charge in [-0.1, -0.05) is 0 Å². The molecule has 114 valence electrons. The van der Waals surface area contributed by atoms with E-state index in [-0.39, 0.29) is 12.6 Å². The van der Waals surface area contributed by atoms with Crippen LogP contribution in [0.3, 0.4) is 0 Å². The molecular formula is C10H20INO7. The molecule has 0 aromatic heterocycles. The maximum atomic E-state index is 9.72. The minimum absolute atomic E-state index is 0.0310.